The molecule has 0 aliphatic heterocycles. The van der Waals surface area contributed by atoms with E-state index in [1.165, 1.54) is 0 Å². The summed E-state index contributed by atoms with van der Waals surface area (Å²) in [6, 6.07) is 0. The fourth-order valence-corrected chi connectivity index (χ4v) is 0.994. The van der Waals surface area contributed by atoms with Gasteiger partial charge in [-0.15, -0.1) is 0 Å². The molecule has 0 aromatic heterocycles. The predicted octanol–water partition coefficient (Wildman–Crippen LogP) is 0.977. The molecule has 0 amide bonds. The van der Waals surface area contributed by atoms with Crippen LogP contribution in [0.5, 0.6) is 0 Å². The summed E-state index contributed by atoms with van der Waals surface area (Å²) in [4.78, 5) is 0. The fraction of sp³-hybridized carbons (Fsp3) is 0.300. The Bertz CT molecular complexity index is 252. The third-order valence-electron chi connectivity index (χ3n) is 1.55. The number of rotatable bonds is 1. The fourth-order valence-electron chi connectivity index (χ4n) is 0.994. The van der Waals surface area contributed by atoms with Crippen molar-refractivity contribution >= 4 is 5.78 Å². The second-order valence-electron chi connectivity index (χ2n) is 2.68. The van der Waals surface area contributed by atoms with E-state index in [9.17, 15) is 0 Å². The van der Waals surface area contributed by atoms with Gasteiger partial charge in [-0.1, -0.05) is 0 Å². The molecule has 1 rings (SSSR count). The SMILES string of the molecule is C[O+]=C1C=CC(=CC(C)O)C=C1.[OH-]. The molecule has 1 aliphatic rings. The summed E-state index contributed by atoms with van der Waals surface area (Å²) in [6.45, 7) is 1.73. The molecule has 13 heavy (non-hydrogen) atoms. The van der Waals surface area contributed by atoms with Gasteiger partial charge in [-0.25, -0.2) is 0 Å². The zero-order chi connectivity index (χ0) is 8.97. The smallest absolute Gasteiger partial charge is 0.343 e. The summed E-state index contributed by atoms with van der Waals surface area (Å²) in [5.41, 5.74) is 1.01. The van der Waals surface area contributed by atoms with Crippen molar-refractivity contribution in [2.75, 3.05) is 7.11 Å². The van der Waals surface area contributed by atoms with E-state index < -0.39 is 6.10 Å². The van der Waals surface area contributed by atoms with E-state index in [1.807, 2.05) is 24.3 Å². The number of allylic oxidation sites excluding steroid dienone is 5. The van der Waals surface area contributed by atoms with Crippen LogP contribution in [0.25, 0.3) is 0 Å². The number of hydrogen-bond donors (Lipinski definition) is 1. The molecule has 3 heteroatoms. The summed E-state index contributed by atoms with van der Waals surface area (Å²) in [5.74, 6) is 0.831. The first kappa shape index (κ1) is 11.8. The maximum atomic E-state index is 9.05. The van der Waals surface area contributed by atoms with E-state index in [4.69, 9.17) is 9.53 Å². The Kier molecular flexibility index (Phi) is 4.96. The van der Waals surface area contributed by atoms with Crippen molar-refractivity contribution in [3.8, 4) is 0 Å². The largest absolute Gasteiger partial charge is 0.870 e. The molecule has 1 aliphatic carbocycles. The molecule has 0 spiro atoms. The minimum atomic E-state index is -0.404. The number of ketones is 1. The van der Waals surface area contributed by atoms with Crippen LogP contribution >= 0.6 is 0 Å². The summed E-state index contributed by atoms with van der Waals surface area (Å²) in [5, 5.41) is 9.05. The molecule has 3 nitrogen and oxygen atoms in total. The van der Waals surface area contributed by atoms with Crippen LogP contribution in [-0.2, 0) is 4.42 Å². The molecule has 0 fully saturated rings. The van der Waals surface area contributed by atoms with Crippen LogP contribution in [0.4, 0.5) is 0 Å². The Labute approximate surface area is 77.7 Å². The van der Waals surface area contributed by atoms with Gasteiger partial charge in [-0.3, -0.25) is 4.42 Å². The highest BCUT2D eigenvalue weighted by molar-refractivity contribution is 6.01. The highest BCUT2D eigenvalue weighted by Crippen LogP contribution is 2.06. The van der Waals surface area contributed by atoms with E-state index in [0.29, 0.717) is 0 Å². The molecule has 0 aromatic carbocycles. The minimum Gasteiger partial charge on any atom is -0.870 e. The minimum absolute atomic E-state index is 0. The third kappa shape index (κ3) is 3.83. The number of carbonyl (C=O) groups excluding carboxylic acids is 1. The number of hydrogen-bond acceptors (Lipinski definition) is 2. The topological polar surface area (TPSA) is 61.5 Å². The lowest BCUT2D eigenvalue weighted by molar-refractivity contribution is -0.417. The van der Waals surface area contributed by atoms with Gasteiger partial charge >= 0.3 is 5.78 Å². The van der Waals surface area contributed by atoms with Gasteiger partial charge in [0.05, 0.1) is 6.10 Å². The lowest BCUT2D eigenvalue weighted by Gasteiger charge is -1.99. The zero-order valence-corrected chi connectivity index (χ0v) is 7.77. The van der Waals surface area contributed by atoms with Crippen molar-refractivity contribution in [3.63, 3.8) is 0 Å². The lowest BCUT2D eigenvalue weighted by Crippen LogP contribution is -1.99. The summed E-state index contributed by atoms with van der Waals surface area (Å²) < 4.78 is 5.00. The van der Waals surface area contributed by atoms with E-state index in [2.05, 4.69) is 0 Å². The van der Waals surface area contributed by atoms with Crippen molar-refractivity contribution < 1.29 is 15.0 Å². The Morgan fingerprint density at radius 2 is 1.85 bits per heavy atom. The summed E-state index contributed by atoms with van der Waals surface area (Å²) in [7, 11) is 1.63. The summed E-state index contributed by atoms with van der Waals surface area (Å²) in [6.07, 6.45) is 8.93. The van der Waals surface area contributed by atoms with Crippen molar-refractivity contribution in [1.82, 2.24) is 0 Å². The second-order valence-corrected chi connectivity index (χ2v) is 2.68. The van der Waals surface area contributed by atoms with Gasteiger partial charge in [0, 0.05) is 12.2 Å². The molecule has 1 atom stereocenters. The highest BCUT2D eigenvalue weighted by atomic mass is 16.4. The van der Waals surface area contributed by atoms with Crippen LogP contribution in [0.3, 0.4) is 0 Å². The van der Waals surface area contributed by atoms with Crippen molar-refractivity contribution in [1.29, 1.82) is 0 Å². The summed E-state index contributed by atoms with van der Waals surface area (Å²) >= 11 is 0. The molecule has 2 N–H and O–H groups in total. The quantitative estimate of drug-likeness (QED) is 0.614. The Morgan fingerprint density at radius 3 is 2.23 bits per heavy atom. The van der Waals surface area contributed by atoms with Crippen molar-refractivity contribution in [3.05, 3.63) is 36.0 Å². The molecule has 0 saturated heterocycles. The maximum absolute atomic E-state index is 9.05. The molecular formula is C10H14O3. The molecule has 0 heterocycles. The highest BCUT2D eigenvalue weighted by Gasteiger charge is 2.05. The van der Waals surface area contributed by atoms with E-state index in [-0.39, 0.29) is 5.48 Å². The van der Waals surface area contributed by atoms with Crippen LogP contribution in [0.2, 0.25) is 0 Å². The van der Waals surface area contributed by atoms with Crippen molar-refractivity contribution in [2.45, 2.75) is 13.0 Å². The molecule has 0 radical (unpaired) electrons. The monoisotopic (exact) mass is 182 g/mol. The van der Waals surface area contributed by atoms with Crippen LogP contribution in [0, 0.1) is 0 Å². The van der Waals surface area contributed by atoms with Crippen LogP contribution in [-0.4, -0.2) is 29.6 Å². The second kappa shape index (κ2) is 5.45. The standard InChI is InChI=1S/C10H13O2.H2O/c1-8(11)7-9-3-5-10(12-2)6-4-9;/h3-8,11H,1-2H3;1H2/q+1;/p-1. The first-order valence-electron chi connectivity index (χ1n) is 3.89. The predicted molar refractivity (Wildman–Crippen MR) is 50.9 cm³/mol. The molecule has 0 bridgehead atoms. The normalized spacial score (nSPS) is 16.5. The first-order chi connectivity index (χ1) is 5.72. The van der Waals surface area contributed by atoms with Crippen LogP contribution in [0.15, 0.2) is 36.0 Å². The average molecular weight is 182 g/mol. The Balaban J connectivity index is 0.00000144. The molecule has 0 saturated carbocycles. The van der Waals surface area contributed by atoms with E-state index in [1.54, 1.807) is 20.1 Å². The van der Waals surface area contributed by atoms with Gasteiger partial charge in [0.25, 0.3) is 7.11 Å². The van der Waals surface area contributed by atoms with Gasteiger partial charge < -0.3 is 10.6 Å². The first-order valence-corrected chi connectivity index (χ1v) is 3.89. The molecule has 1 unspecified atom stereocenters. The van der Waals surface area contributed by atoms with Gasteiger partial charge in [-0.2, -0.15) is 0 Å². The van der Waals surface area contributed by atoms with Gasteiger partial charge in [0.1, 0.15) is 0 Å². The lowest BCUT2D eigenvalue weighted by atomic mass is 10.1. The van der Waals surface area contributed by atoms with Gasteiger partial charge in [0.2, 0.25) is 0 Å². The Hall–Kier alpha value is -1.19. The van der Waals surface area contributed by atoms with Gasteiger partial charge in [0.15, 0.2) is 0 Å². The zero-order valence-electron chi connectivity index (χ0n) is 7.77. The maximum Gasteiger partial charge on any atom is 0.343 e. The Morgan fingerprint density at radius 1 is 1.31 bits per heavy atom. The average Bonchev–Trinajstić information content (AvgIpc) is 2.05. The molecule has 0 aromatic rings. The third-order valence-corrected chi connectivity index (χ3v) is 1.55. The number of aliphatic hydroxyl groups is 1. The van der Waals surface area contributed by atoms with Crippen LogP contribution in [0.1, 0.15) is 6.92 Å². The molecular weight excluding hydrogens is 168 g/mol. The van der Waals surface area contributed by atoms with E-state index >= 15 is 0 Å². The van der Waals surface area contributed by atoms with E-state index in [0.717, 1.165) is 11.4 Å². The van der Waals surface area contributed by atoms with Crippen LogP contribution < -0.4 is 0 Å². The molecule has 72 valence electrons. The van der Waals surface area contributed by atoms with Crippen molar-refractivity contribution in [2.24, 2.45) is 0 Å². The van der Waals surface area contributed by atoms with Gasteiger partial charge in [-0.05, 0) is 30.7 Å². The number of aliphatic hydroxyl groups excluding tert-OH is 1.